The first-order valence-corrected chi connectivity index (χ1v) is 9.89. The number of amides is 1. The number of carbonyl (C=O) groups is 1. The van der Waals surface area contributed by atoms with Crippen molar-refractivity contribution in [1.82, 2.24) is 4.90 Å². The lowest BCUT2D eigenvalue weighted by atomic mass is 9.83. The zero-order valence-electron chi connectivity index (χ0n) is 14.8. The van der Waals surface area contributed by atoms with Crippen LogP contribution in [0.1, 0.15) is 60.3 Å². The Morgan fingerprint density at radius 3 is 2.32 bits per heavy atom. The highest BCUT2D eigenvalue weighted by Gasteiger charge is 2.31. The van der Waals surface area contributed by atoms with E-state index < -0.39 is 5.60 Å². The fourth-order valence-electron chi connectivity index (χ4n) is 2.42. The van der Waals surface area contributed by atoms with Crippen molar-refractivity contribution in [2.45, 2.75) is 71.5 Å². The van der Waals surface area contributed by atoms with Gasteiger partial charge in [0.15, 0.2) is 0 Å². The minimum atomic E-state index is -0.462. The van der Waals surface area contributed by atoms with Crippen molar-refractivity contribution >= 4 is 28.7 Å². The summed E-state index contributed by atoms with van der Waals surface area (Å²) < 4.78 is 12.5. The lowest BCUT2D eigenvalue weighted by Gasteiger charge is -2.35. The molecular weight excluding hydrogens is 393 g/mol. The molecule has 5 heteroatoms. The summed E-state index contributed by atoms with van der Waals surface area (Å²) in [7, 11) is 0. The van der Waals surface area contributed by atoms with Gasteiger partial charge in [-0.3, -0.25) is 0 Å². The number of rotatable bonds is 8. The molecule has 0 aliphatic heterocycles. The van der Waals surface area contributed by atoms with Gasteiger partial charge in [0.05, 0.1) is 12.1 Å². The normalized spacial score (nSPS) is 18.5. The van der Waals surface area contributed by atoms with Crippen LogP contribution in [0.2, 0.25) is 0 Å². The molecule has 1 fully saturated rings. The lowest BCUT2D eigenvalue weighted by molar-refractivity contribution is -0.0473. The van der Waals surface area contributed by atoms with E-state index in [0.29, 0.717) is 13.1 Å². The number of hydrogen-bond donors (Lipinski definition) is 0. The van der Waals surface area contributed by atoms with E-state index in [1.807, 2.05) is 27.7 Å². The summed E-state index contributed by atoms with van der Waals surface area (Å²) >= 11 is 2.34. The van der Waals surface area contributed by atoms with E-state index in [4.69, 9.17) is 9.47 Å². The van der Waals surface area contributed by atoms with Crippen LogP contribution in [0.4, 0.5) is 4.79 Å². The second kappa shape index (κ2) is 8.71. The van der Waals surface area contributed by atoms with E-state index in [1.165, 1.54) is 19.3 Å². The highest BCUT2D eigenvalue weighted by atomic mass is 127. The molecule has 0 aromatic carbocycles. The van der Waals surface area contributed by atoms with Crippen molar-refractivity contribution < 1.29 is 14.3 Å². The molecule has 130 valence electrons. The largest absolute Gasteiger partial charge is 0.444 e. The maximum absolute atomic E-state index is 12.3. The minimum absolute atomic E-state index is 0.256. The Bertz CT molecular complexity index is 352. The summed E-state index contributed by atoms with van der Waals surface area (Å²) in [5.74, 6) is 0.853. The molecule has 0 heterocycles. The third-order valence-electron chi connectivity index (χ3n) is 4.04. The number of carbonyl (C=O) groups excluding carboxylic acids is 1. The van der Waals surface area contributed by atoms with Gasteiger partial charge < -0.3 is 14.4 Å². The molecular formula is C17H32INO3. The van der Waals surface area contributed by atoms with Crippen LogP contribution in [0.3, 0.4) is 0 Å². The molecule has 0 bridgehead atoms. The highest BCUT2D eigenvalue weighted by molar-refractivity contribution is 14.1. The van der Waals surface area contributed by atoms with Gasteiger partial charge in [-0.1, -0.05) is 41.9 Å². The molecule has 1 aliphatic rings. The average molecular weight is 425 g/mol. The van der Waals surface area contributed by atoms with Crippen LogP contribution in [-0.2, 0) is 9.47 Å². The molecule has 0 saturated heterocycles. The van der Waals surface area contributed by atoms with E-state index in [2.05, 4.69) is 29.5 Å². The van der Waals surface area contributed by atoms with Gasteiger partial charge in [0, 0.05) is 17.6 Å². The predicted molar refractivity (Wildman–Crippen MR) is 98.7 cm³/mol. The number of ether oxygens (including phenoxy) is 2. The third kappa shape index (κ3) is 7.02. The van der Waals surface area contributed by atoms with Gasteiger partial charge in [-0.25, -0.2) is 4.79 Å². The summed E-state index contributed by atoms with van der Waals surface area (Å²) in [6, 6.07) is 0. The van der Waals surface area contributed by atoms with Crippen molar-refractivity contribution in [2.24, 2.45) is 5.92 Å². The smallest absolute Gasteiger partial charge is 0.410 e. The molecule has 22 heavy (non-hydrogen) atoms. The molecule has 1 unspecified atom stereocenters. The lowest BCUT2D eigenvalue weighted by Crippen LogP contribution is -2.48. The first kappa shape index (κ1) is 20.0. The maximum Gasteiger partial charge on any atom is 0.410 e. The van der Waals surface area contributed by atoms with Gasteiger partial charge in [0.2, 0.25) is 0 Å². The quantitative estimate of drug-likeness (QED) is 0.420. The van der Waals surface area contributed by atoms with Gasteiger partial charge in [-0.2, -0.15) is 0 Å². The number of likely N-dealkylation sites (N-methyl/N-ethyl adjacent to an activating group) is 1. The monoisotopic (exact) mass is 425 g/mol. The van der Waals surface area contributed by atoms with Gasteiger partial charge in [-0.15, -0.1) is 0 Å². The van der Waals surface area contributed by atoms with Gasteiger partial charge in [0.1, 0.15) is 5.60 Å². The summed E-state index contributed by atoms with van der Waals surface area (Å²) in [6.45, 7) is 11.7. The van der Waals surface area contributed by atoms with Crippen LogP contribution < -0.4 is 0 Å². The molecule has 1 atom stereocenters. The number of halogens is 1. The number of nitrogens with zero attached hydrogens (tertiary/aromatic N) is 1. The zero-order valence-corrected chi connectivity index (χ0v) is 16.9. The van der Waals surface area contributed by atoms with Gasteiger partial charge in [-0.05, 0) is 47.0 Å². The molecule has 1 rings (SSSR count). The molecule has 1 amide bonds. The van der Waals surface area contributed by atoms with Crippen LogP contribution in [0, 0.1) is 5.92 Å². The summed E-state index contributed by atoms with van der Waals surface area (Å²) in [5.41, 5.74) is -0.770. The summed E-state index contributed by atoms with van der Waals surface area (Å²) in [6.07, 6.45) is 4.96. The standard InChI is InChI=1S/C17H32INO3/c1-6-19(15(20)22-16(2,3)4)13-17(5,12-18)21-11-10-14-8-7-9-14/h14H,6-13H2,1-5H3. The van der Waals surface area contributed by atoms with Crippen molar-refractivity contribution in [1.29, 1.82) is 0 Å². The first-order valence-electron chi connectivity index (χ1n) is 8.37. The summed E-state index contributed by atoms with van der Waals surface area (Å²) in [4.78, 5) is 14.0. The number of alkyl halides is 1. The topological polar surface area (TPSA) is 38.8 Å². The first-order chi connectivity index (χ1) is 10.2. The average Bonchev–Trinajstić information content (AvgIpc) is 2.37. The Kier molecular flexibility index (Phi) is 7.92. The Hall–Kier alpha value is -0.0400. The van der Waals surface area contributed by atoms with Crippen LogP contribution in [-0.4, -0.2) is 46.3 Å². The van der Waals surface area contributed by atoms with Crippen molar-refractivity contribution in [3.8, 4) is 0 Å². The van der Waals surface area contributed by atoms with E-state index >= 15 is 0 Å². The molecule has 0 N–H and O–H groups in total. The second-order valence-corrected chi connectivity index (χ2v) is 8.27. The Morgan fingerprint density at radius 1 is 1.27 bits per heavy atom. The molecule has 0 spiro atoms. The van der Waals surface area contributed by atoms with Crippen LogP contribution >= 0.6 is 22.6 Å². The molecule has 1 saturated carbocycles. The Balaban J connectivity index is 2.49. The number of hydrogen-bond acceptors (Lipinski definition) is 3. The molecule has 0 aromatic heterocycles. The van der Waals surface area contributed by atoms with Crippen LogP contribution in [0.15, 0.2) is 0 Å². The van der Waals surface area contributed by atoms with E-state index in [-0.39, 0.29) is 11.7 Å². The van der Waals surface area contributed by atoms with Crippen LogP contribution in [0.25, 0.3) is 0 Å². The van der Waals surface area contributed by atoms with Crippen molar-refractivity contribution in [2.75, 3.05) is 24.1 Å². The Labute approximate surface area is 149 Å². The molecule has 1 aliphatic carbocycles. The summed E-state index contributed by atoms with van der Waals surface area (Å²) in [5, 5.41) is 0. The fourth-order valence-corrected chi connectivity index (χ4v) is 2.88. The fraction of sp³-hybridized carbons (Fsp3) is 0.941. The van der Waals surface area contributed by atoms with Gasteiger partial charge in [0.25, 0.3) is 0 Å². The molecule has 0 aromatic rings. The zero-order chi connectivity index (χ0) is 16.8. The molecule has 0 radical (unpaired) electrons. The second-order valence-electron chi connectivity index (χ2n) is 7.51. The van der Waals surface area contributed by atoms with E-state index in [1.54, 1.807) is 4.90 Å². The SMILES string of the molecule is CCN(CC(C)(CI)OCCC1CCC1)C(=O)OC(C)(C)C. The highest BCUT2D eigenvalue weighted by Crippen LogP contribution is 2.30. The minimum Gasteiger partial charge on any atom is -0.444 e. The van der Waals surface area contributed by atoms with E-state index in [0.717, 1.165) is 23.4 Å². The van der Waals surface area contributed by atoms with Crippen molar-refractivity contribution in [3.63, 3.8) is 0 Å². The predicted octanol–water partition coefficient (Wildman–Crippen LogP) is 4.64. The van der Waals surface area contributed by atoms with Gasteiger partial charge >= 0.3 is 6.09 Å². The molecule has 4 nitrogen and oxygen atoms in total. The van der Waals surface area contributed by atoms with Crippen molar-refractivity contribution in [3.05, 3.63) is 0 Å². The maximum atomic E-state index is 12.3. The Morgan fingerprint density at radius 2 is 1.91 bits per heavy atom. The van der Waals surface area contributed by atoms with Crippen LogP contribution in [0.5, 0.6) is 0 Å². The third-order valence-corrected chi connectivity index (χ3v) is 5.66. The van der Waals surface area contributed by atoms with E-state index in [9.17, 15) is 4.79 Å².